The molecule has 0 saturated carbocycles. The van der Waals surface area contributed by atoms with Gasteiger partial charge in [-0.1, -0.05) is 36.4 Å². The van der Waals surface area contributed by atoms with Gasteiger partial charge in [0.15, 0.2) is 6.61 Å². The Bertz CT molecular complexity index is 1060. The van der Waals surface area contributed by atoms with Crippen molar-refractivity contribution < 1.29 is 13.9 Å². The average Bonchev–Trinajstić information content (AvgIpc) is 3.03. The summed E-state index contributed by atoms with van der Waals surface area (Å²) in [6.45, 7) is 2.39. The summed E-state index contributed by atoms with van der Waals surface area (Å²) >= 11 is 0. The van der Waals surface area contributed by atoms with Crippen LogP contribution in [0.1, 0.15) is 18.2 Å². The van der Waals surface area contributed by atoms with Crippen LogP contribution in [-0.2, 0) is 17.8 Å². The van der Waals surface area contributed by atoms with Gasteiger partial charge in [-0.2, -0.15) is 0 Å². The molecule has 4 rings (SSSR count). The van der Waals surface area contributed by atoms with Crippen LogP contribution in [0.4, 0.5) is 11.4 Å². The first kappa shape index (κ1) is 18.8. The quantitative estimate of drug-likeness (QED) is 0.696. The molecule has 0 saturated heterocycles. The first-order valence-electron chi connectivity index (χ1n) is 9.54. The SMILES string of the molecule is C[C@H]1Cc2ccccc2N1Cc1cc(=O)c(OCC(=O)Nc2ccccc2)co1. The molecule has 29 heavy (non-hydrogen) atoms. The van der Waals surface area contributed by atoms with Crippen LogP contribution in [0.2, 0.25) is 0 Å². The molecule has 0 spiro atoms. The van der Waals surface area contributed by atoms with Gasteiger partial charge in [0, 0.05) is 23.5 Å². The minimum Gasteiger partial charge on any atom is -0.477 e. The van der Waals surface area contributed by atoms with Crippen molar-refractivity contribution in [3.05, 3.63) is 88.5 Å². The number of fused-ring (bicyclic) bond motifs is 1. The number of carbonyl (C=O) groups is 1. The summed E-state index contributed by atoms with van der Waals surface area (Å²) in [5.74, 6) is 0.230. The van der Waals surface area contributed by atoms with Crippen LogP contribution in [0.5, 0.6) is 5.75 Å². The van der Waals surface area contributed by atoms with Gasteiger partial charge < -0.3 is 19.4 Å². The number of amides is 1. The zero-order valence-corrected chi connectivity index (χ0v) is 16.1. The topological polar surface area (TPSA) is 71.8 Å². The molecule has 0 fully saturated rings. The molecule has 6 nitrogen and oxygen atoms in total. The van der Waals surface area contributed by atoms with E-state index in [-0.39, 0.29) is 23.7 Å². The van der Waals surface area contributed by atoms with E-state index in [1.165, 1.54) is 23.6 Å². The van der Waals surface area contributed by atoms with Crippen LogP contribution in [0.15, 0.2) is 76.1 Å². The van der Waals surface area contributed by atoms with Crippen molar-refractivity contribution in [1.82, 2.24) is 0 Å². The van der Waals surface area contributed by atoms with Gasteiger partial charge in [-0.15, -0.1) is 0 Å². The first-order valence-corrected chi connectivity index (χ1v) is 9.54. The maximum Gasteiger partial charge on any atom is 0.262 e. The number of ether oxygens (including phenoxy) is 1. The highest BCUT2D eigenvalue weighted by Crippen LogP contribution is 2.32. The molecule has 3 aromatic rings. The van der Waals surface area contributed by atoms with Crippen LogP contribution < -0.4 is 20.4 Å². The highest BCUT2D eigenvalue weighted by molar-refractivity contribution is 5.91. The van der Waals surface area contributed by atoms with Gasteiger partial charge in [0.2, 0.25) is 11.2 Å². The van der Waals surface area contributed by atoms with Crippen molar-refractivity contribution in [2.24, 2.45) is 0 Å². The second-order valence-corrected chi connectivity index (χ2v) is 7.09. The molecule has 1 atom stereocenters. The third kappa shape index (κ3) is 4.32. The molecule has 6 heteroatoms. The molecule has 0 aliphatic carbocycles. The Morgan fingerprint density at radius 1 is 1.17 bits per heavy atom. The lowest BCUT2D eigenvalue weighted by atomic mass is 10.1. The van der Waals surface area contributed by atoms with Gasteiger partial charge in [-0.05, 0) is 37.1 Å². The van der Waals surface area contributed by atoms with E-state index in [1.807, 2.05) is 30.3 Å². The van der Waals surface area contributed by atoms with Gasteiger partial charge in [0.05, 0.1) is 6.54 Å². The summed E-state index contributed by atoms with van der Waals surface area (Å²) in [4.78, 5) is 26.6. The normalized spacial score (nSPS) is 15.1. The number of nitrogens with one attached hydrogen (secondary N) is 1. The summed E-state index contributed by atoms with van der Waals surface area (Å²) in [6, 6.07) is 19.1. The standard InChI is InChI=1S/C23H22N2O4/c1-16-11-17-7-5-6-10-20(17)25(16)13-19-12-21(26)22(14-28-19)29-15-23(27)24-18-8-3-2-4-9-18/h2-10,12,14,16H,11,13,15H2,1H3,(H,24,27)/t16-/m0/s1. The Labute approximate surface area is 168 Å². The predicted molar refractivity (Wildman–Crippen MR) is 111 cm³/mol. The number of carbonyl (C=O) groups excluding carboxylic acids is 1. The molecule has 1 aliphatic rings. The van der Waals surface area contributed by atoms with Crippen molar-refractivity contribution in [1.29, 1.82) is 0 Å². The van der Waals surface area contributed by atoms with Crippen molar-refractivity contribution in [3.8, 4) is 5.75 Å². The Balaban J connectivity index is 1.38. The number of hydrogen-bond acceptors (Lipinski definition) is 5. The Morgan fingerprint density at radius 3 is 2.72 bits per heavy atom. The molecule has 1 N–H and O–H groups in total. The van der Waals surface area contributed by atoms with E-state index in [0.717, 1.165) is 6.42 Å². The van der Waals surface area contributed by atoms with Crippen LogP contribution in [0, 0.1) is 0 Å². The molecular formula is C23H22N2O4. The van der Waals surface area contributed by atoms with Crippen LogP contribution in [0.25, 0.3) is 0 Å². The number of para-hydroxylation sites is 2. The second-order valence-electron chi connectivity index (χ2n) is 7.09. The van der Waals surface area contributed by atoms with Crippen LogP contribution in [-0.4, -0.2) is 18.6 Å². The number of nitrogens with zero attached hydrogens (tertiary/aromatic N) is 1. The number of benzene rings is 2. The largest absolute Gasteiger partial charge is 0.477 e. The van der Waals surface area contributed by atoms with E-state index in [1.54, 1.807) is 12.1 Å². The summed E-state index contributed by atoms with van der Waals surface area (Å²) in [5.41, 5.74) is 2.83. The van der Waals surface area contributed by atoms with Crippen LogP contribution in [0.3, 0.4) is 0 Å². The Morgan fingerprint density at radius 2 is 1.93 bits per heavy atom. The number of rotatable bonds is 6. The molecule has 2 heterocycles. The van der Waals surface area contributed by atoms with Gasteiger partial charge >= 0.3 is 0 Å². The fraction of sp³-hybridized carbons (Fsp3) is 0.217. The maximum atomic E-state index is 12.4. The second kappa shape index (κ2) is 8.22. The lowest BCUT2D eigenvalue weighted by Gasteiger charge is -2.24. The van der Waals surface area contributed by atoms with E-state index in [2.05, 4.69) is 29.3 Å². The average molecular weight is 390 g/mol. The molecule has 0 radical (unpaired) electrons. The molecule has 1 aliphatic heterocycles. The molecule has 0 unspecified atom stereocenters. The lowest BCUT2D eigenvalue weighted by Crippen LogP contribution is -2.29. The molecule has 1 aromatic heterocycles. The number of anilines is 2. The third-order valence-corrected chi connectivity index (χ3v) is 4.94. The van der Waals surface area contributed by atoms with Crippen LogP contribution >= 0.6 is 0 Å². The Kier molecular flexibility index (Phi) is 5.33. The summed E-state index contributed by atoms with van der Waals surface area (Å²) in [7, 11) is 0. The number of hydrogen-bond donors (Lipinski definition) is 1. The van der Waals surface area contributed by atoms with Gasteiger partial charge in [0.25, 0.3) is 5.91 Å². The Hall–Kier alpha value is -3.54. The van der Waals surface area contributed by atoms with E-state index in [0.29, 0.717) is 24.0 Å². The maximum absolute atomic E-state index is 12.4. The van der Waals surface area contributed by atoms with E-state index in [4.69, 9.17) is 9.15 Å². The van der Waals surface area contributed by atoms with Crippen molar-refractivity contribution in [2.75, 3.05) is 16.8 Å². The molecule has 2 aromatic carbocycles. The first-order chi connectivity index (χ1) is 14.1. The van der Waals surface area contributed by atoms with Crippen molar-refractivity contribution >= 4 is 17.3 Å². The third-order valence-electron chi connectivity index (χ3n) is 4.94. The molecular weight excluding hydrogens is 368 g/mol. The predicted octanol–water partition coefficient (Wildman–Crippen LogP) is 3.61. The van der Waals surface area contributed by atoms with Gasteiger partial charge in [-0.3, -0.25) is 9.59 Å². The highest BCUT2D eigenvalue weighted by atomic mass is 16.5. The van der Waals surface area contributed by atoms with Gasteiger partial charge in [-0.25, -0.2) is 0 Å². The minimum absolute atomic E-state index is 0.0202. The summed E-state index contributed by atoms with van der Waals surface area (Å²) in [6.07, 6.45) is 2.25. The van der Waals surface area contributed by atoms with Crippen molar-refractivity contribution in [3.63, 3.8) is 0 Å². The molecule has 148 valence electrons. The summed E-state index contributed by atoms with van der Waals surface area (Å²) < 4.78 is 11.0. The fourth-order valence-corrected chi connectivity index (χ4v) is 3.53. The fourth-order valence-electron chi connectivity index (χ4n) is 3.53. The van der Waals surface area contributed by atoms with E-state index < -0.39 is 0 Å². The van der Waals surface area contributed by atoms with Gasteiger partial charge in [0.1, 0.15) is 12.0 Å². The summed E-state index contributed by atoms with van der Waals surface area (Å²) in [5, 5.41) is 2.70. The van der Waals surface area contributed by atoms with E-state index >= 15 is 0 Å². The monoisotopic (exact) mass is 390 g/mol. The zero-order valence-electron chi connectivity index (χ0n) is 16.1. The minimum atomic E-state index is -0.345. The van der Waals surface area contributed by atoms with Crippen molar-refractivity contribution in [2.45, 2.75) is 25.9 Å². The highest BCUT2D eigenvalue weighted by Gasteiger charge is 2.26. The molecule has 1 amide bonds. The van der Waals surface area contributed by atoms with E-state index in [9.17, 15) is 9.59 Å². The lowest BCUT2D eigenvalue weighted by molar-refractivity contribution is -0.118. The smallest absolute Gasteiger partial charge is 0.262 e. The molecule has 0 bridgehead atoms. The zero-order chi connectivity index (χ0) is 20.2.